The molecule has 0 atom stereocenters. The first-order valence-electron chi connectivity index (χ1n) is 12.5. The predicted molar refractivity (Wildman–Crippen MR) is 144 cm³/mol. The maximum atomic E-state index is 13.3. The summed E-state index contributed by atoms with van der Waals surface area (Å²) in [7, 11) is 1.61. The number of halogens is 2. The molecule has 3 amide bonds. The Labute approximate surface area is 224 Å². The molecule has 0 spiro atoms. The molecule has 0 bridgehead atoms. The smallest absolute Gasteiger partial charge is 0.319 e. The highest BCUT2D eigenvalue weighted by molar-refractivity contribution is 6.33. The van der Waals surface area contributed by atoms with Crippen molar-refractivity contribution in [2.75, 3.05) is 25.5 Å². The molecule has 8 nitrogen and oxygen atoms in total. The molecule has 5 rings (SSSR count). The van der Waals surface area contributed by atoms with Crippen molar-refractivity contribution in [3.8, 4) is 17.2 Å². The summed E-state index contributed by atoms with van der Waals surface area (Å²) in [5.74, 6) is 0.308. The van der Waals surface area contributed by atoms with Crippen molar-refractivity contribution in [2.24, 2.45) is 0 Å². The third-order valence-corrected chi connectivity index (χ3v) is 7.15. The topological polar surface area (TPSA) is 92.8 Å². The monoisotopic (exact) mass is 538 g/mol. The van der Waals surface area contributed by atoms with Gasteiger partial charge in [-0.2, -0.15) is 0 Å². The second-order valence-electron chi connectivity index (χ2n) is 9.51. The van der Waals surface area contributed by atoms with Crippen LogP contribution < -0.4 is 20.1 Å². The van der Waals surface area contributed by atoms with Crippen molar-refractivity contribution in [1.29, 1.82) is 0 Å². The molecule has 1 saturated heterocycles. The molecule has 1 aromatic heterocycles. The Morgan fingerprint density at radius 1 is 1.11 bits per heavy atom. The summed E-state index contributed by atoms with van der Waals surface area (Å²) < 4.78 is 25.2. The Bertz CT molecular complexity index is 1400. The number of nitrogens with one attached hydrogen (secondary N) is 2. The molecule has 3 aromatic rings. The number of benzene rings is 2. The highest BCUT2D eigenvalue weighted by Crippen LogP contribution is 2.40. The molecule has 1 aliphatic carbocycles. The lowest BCUT2D eigenvalue weighted by Gasteiger charge is -2.32. The first-order valence-corrected chi connectivity index (χ1v) is 12.9. The SMILES string of the molecule is C=C(F)C(=O)N1CCC(c2cc3c(Oc4ccc(NC(=O)NC5CC5)c(Cl)c4)ccnc3cc2OC)CC1. The van der Waals surface area contributed by atoms with Crippen LogP contribution in [0.25, 0.3) is 10.9 Å². The van der Waals surface area contributed by atoms with Crippen LogP contribution in [0.2, 0.25) is 5.02 Å². The van der Waals surface area contributed by atoms with Gasteiger partial charge in [0.15, 0.2) is 5.83 Å². The quantitative estimate of drug-likeness (QED) is 0.351. The highest BCUT2D eigenvalue weighted by Gasteiger charge is 2.28. The fourth-order valence-corrected chi connectivity index (χ4v) is 4.89. The van der Waals surface area contributed by atoms with E-state index in [9.17, 15) is 14.0 Å². The number of aromatic nitrogens is 1. The summed E-state index contributed by atoms with van der Waals surface area (Å²) >= 11 is 6.42. The van der Waals surface area contributed by atoms with Gasteiger partial charge in [-0.05, 0) is 61.4 Å². The van der Waals surface area contributed by atoms with Gasteiger partial charge in [-0.25, -0.2) is 9.18 Å². The molecule has 1 aliphatic heterocycles. The minimum atomic E-state index is -0.940. The van der Waals surface area contributed by atoms with Crippen molar-refractivity contribution in [1.82, 2.24) is 15.2 Å². The van der Waals surface area contributed by atoms with Crippen molar-refractivity contribution >= 4 is 40.1 Å². The van der Waals surface area contributed by atoms with Crippen molar-refractivity contribution in [2.45, 2.75) is 37.6 Å². The molecule has 38 heavy (non-hydrogen) atoms. The number of methoxy groups -OCH3 is 1. The Hall–Kier alpha value is -3.85. The number of urea groups is 1. The fourth-order valence-electron chi connectivity index (χ4n) is 4.67. The molecule has 2 fully saturated rings. The Morgan fingerprint density at radius 3 is 2.53 bits per heavy atom. The van der Waals surface area contributed by atoms with Gasteiger partial charge in [0.25, 0.3) is 5.91 Å². The number of hydrogen-bond acceptors (Lipinski definition) is 5. The lowest BCUT2D eigenvalue weighted by atomic mass is 9.87. The fraction of sp³-hybridized carbons (Fsp3) is 0.321. The number of ether oxygens (including phenoxy) is 2. The van der Waals surface area contributed by atoms with Crippen LogP contribution >= 0.6 is 11.6 Å². The molecular weight excluding hydrogens is 511 g/mol. The minimum Gasteiger partial charge on any atom is -0.496 e. The molecule has 1 saturated carbocycles. The number of rotatable bonds is 7. The van der Waals surface area contributed by atoms with Crippen LogP contribution in [0.4, 0.5) is 14.9 Å². The number of carbonyl (C=O) groups excluding carboxylic acids is 2. The molecule has 198 valence electrons. The van der Waals surface area contributed by atoms with Gasteiger partial charge < -0.3 is 25.0 Å². The Balaban J connectivity index is 1.37. The first kappa shape index (κ1) is 25.8. The summed E-state index contributed by atoms with van der Waals surface area (Å²) in [6.45, 7) is 3.98. The largest absolute Gasteiger partial charge is 0.496 e. The number of amides is 3. The Morgan fingerprint density at radius 2 is 1.87 bits per heavy atom. The van der Waals surface area contributed by atoms with Gasteiger partial charge in [0.2, 0.25) is 0 Å². The first-order chi connectivity index (χ1) is 18.3. The molecule has 2 aliphatic rings. The van der Waals surface area contributed by atoms with Crippen LogP contribution in [-0.4, -0.2) is 48.1 Å². The van der Waals surface area contributed by atoms with E-state index in [2.05, 4.69) is 22.2 Å². The minimum absolute atomic E-state index is 0.112. The second kappa shape index (κ2) is 10.9. The lowest BCUT2D eigenvalue weighted by Crippen LogP contribution is -2.38. The van der Waals surface area contributed by atoms with Gasteiger partial charge in [-0.15, -0.1) is 0 Å². The van der Waals surface area contributed by atoms with E-state index in [-0.39, 0.29) is 18.0 Å². The van der Waals surface area contributed by atoms with E-state index in [4.69, 9.17) is 21.1 Å². The van der Waals surface area contributed by atoms with Crippen LogP contribution in [-0.2, 0) is 4.79 Å². The molecule has 2 heterocycles. The third-order valence-electron chi connectivity index (χ3n) is 6.84. The maximum absolute atomic E-state index is 13.3. The van der Waals surface area contributed by atoms with E-state index in [1.54, 1.807) is 37.6 Å². The molecule has 0 unspecified atom stereocenters. The van der Waals surface area contributed by atoms with Gasteiger partial charge in [0.1, 0.15) is 17.2 Å². The normalized spacial score (nSPS) is 15.7. The molecule has 0 radical (unpaired) electrons. The maximum Gasteiger partial charge on any atom is 0.319 e. The number of anilines is 1. The lowest BCUT2D eigenvalue weighted by molar-refractivity contribution is -0.129. The zero-order valence-electron chi connectivity index (χ0n) is 20.9. The average molecular weight is 539 g/mol. The highest BCUT2D eigenvalue weighted by atomic mass is 35.5. The number of piperidine rings is 1. The van der Waals surface area contributed by atoms with Crippen LogP contribution in [0, 0.1) is 0 Å². The summed E-state index contributed by atoms with van der Waals surface area (Å²) in [6.07, 6.45) is 4.97. The van der Waals surface area contributed by atoms with Crippen LogP contribution in [0.5, 0.6) is 17.2 Å². The second-order valence-corrected chi connectivity index (χ2v) is 9.92. The predicted octanol–water partition coefficient (Wildman–Crippen LogP) is 6.16. The van der Waals surface area contributed by atoms with Crippen LogP contribution in [0.1, 0.15) is 37.2 Å². The average Bonchev–Trinajstić information content (AvgIpc) is 3.73. The van der Waals surface area contributed by atoms with Crippen LogP contribution in [0.15, 0.2) is 55.0 Å². The number of nitrogens with zero attached hydrogens (tertiary/aromatic N) is 2. The molecule has 2 N–H and O–H groups in total. The summed E-state index contributed by atoms with van der Waals surface area (Å²) in [4.78, 5) is 30.0. The number of likely N-dealkylation sites (tertiary alicyclic amines) is 1. The number of hydrogen-bond donors (Lipinski definition) is 2. The van der Waals surface area contributed by atoms with E-state index in [1.807, 2.05) is 12.1 Å². The van der Waals surface area contributed by atoms with E-state index in [0.717, 1.165) is 23.8 Å². The van der Waals surface area contributed by atoms with Gasteiger partial charge in [0.05, 0.1) is 23.3 Å². The Kier molecular flexibility index (Phi) is 7.37. The van der Waals surface area contributed by atoms with Crippen LogP contribution in [0.3, 0.4) is 0 Å². The summed E-state index contributed by atoms with van der Waals surface area (Å²) in [5, 5.41) is 6.77. The standard InChI is InChI=1S/C28H28ClFN4O4/c1-16(30)27(35)34-11-8-17(9-12-34)20-14-21-24(15-26(20)37-2)31-10-7-25(21)38-19-5-6-23(22(29)13-19)33-28(36)32-18-3-4-18/h5-7,10,13-15,17-18H,1,3-4,8-9,11-12H2,2H3,(H2,32,33,36). The van der Waals surface area contributed by atoms with E-state index in [0.29, 0.717) is 59.4 Å². The zero-order valence-corrected chi connectivity index (χ0v) is 21.7. The van der Waals surface area contributed by atoms with Gasteiger partial charge in [-0.3, -0.25) is 9.78 Å². The summed E-state index contributed by atoms with van der Waals surface area (Å²) in [6, 6.07) is 10.7. The molecule has 2 aromatic carbocycles. The van der Waals surface area contributed by atoms with Gasteiger partial charge in [-0.1, -0.05) is 18.2 Å². The van der Waals surface area contributed by atoms with Gasteiger partial charge >= 0.3 is 6.03 Å². The third kappa shape index (κ3) is 5.67. The van der Waals surface area contributed by atoms with E-state index < -0.39 is 11.7 Å². The number of fused-ring (bicyclic) bond motifs is 1. The number of carbonyl (C=O) groups is 2. The van der Waals surface area contributed by atoms with E-state index >= 15 is 0 Å². The van der Waals surface area contributed by atoms with Gasteiger partial charge in [0, 0.05) is 42.8 Å². The summed E-state index contributed by atoms with van der Waals surface area (Å²) in [5.41, 5.74) is 2.17. The van der Waals surface area contributed by atoms with Crippen molar-refractivity contribution < 1.29 is 23.5 Å². The van der Waals surface area contributed by atoms with E-state index in [1.165, 1.54) is 4.90 Å². The molecular formula is C28H28ClFN4O4. The zero-order chi connectivity index (χ0) is 26.8. The number of pyridine rings is 1. The van der Waals surface area contributed by atoms with Crippen molar-refractivity contribution in [3.63, 3.8) is 0 Å². The molecule has 10 heteroatoms. The van der Waals surface area contributed by atoms with Crippen molar-refractivity contribution in [3.05, 3.63) is 65.6 Å².